The fourth-order valence-corrected chi connectivity index (χ4v) is 3.77. The first-order valence-electron chi connectivity index (χ1n) is 9.93. The van der Waals surface area contributed by atoms with Crippen LogP contribution in [0.3, 0.4) is 0 Å². The molecule has 164 valence electrons. The molecule has 0 saturated carbocycles. The van der Waals surface area contributed by atoms with Crippen LogP contribution in [0.5, 0.6) is 11.5 Å². The molecule has 2 aromatic heterocycles. The van der Waals surface area contributed by atoms with Crippen LogP contribution >= 0.6 is 11.3 Å². The van der Waals surface area contributed by atoms with Crippen molar-refractivity contribution in [2.45, 2.75) is 19.8 Å². The van der Waals surface area contributed by atoms with Gasteiger partial charge in [0.25, 0.3) is 0 Å². The molecule has 8 nitrogen and oxygen atoms in total. The van der Waals surface area contributed by atoms with Crippen molar-refractivity contribution in [3.63, 3.8) is 0 Å². The van der Waals surface area contributed by atoms with E-state index in [9.17, 15) is 4.79 Å². The lowest BCUT2D eigenvalue weighted by Crippen LogP contribution is -2.12. The highest BCUT2D eigenvalue weighted by molar-refractivity contribution is 7.14. The van der Waals surface area contributed by atoms with E-state index in [1.54, 1.807) is 14.2 Å². The third-order valence-electron chi connectivity index (χ3n) is 4.78. The lowest BCUT2D eigenvalue weighted by molar-refractivity contribution is -0.116. The molecule has 0 radical (unpaired) electrons. The number of hydrogen-bond donors (Lipinski definition) is 1. The van der Waals surface area contributed by atoms with Gasteiger partial charge in [-0.15, -0.1) is 11.3 Å². The minimum Gasteiger partial charge on any atom is -0.497 e. The summed E-state index contributed by atoms with van der Waals surface area (Å²) >= 11 is 1.34. The molecule has 0 unspecified atom stereocenters. The van der Waals surface area contributed by atoms with Crippen molar-refractivity contribution in [3.8, 4) is 34.1 Å². The summed E-state index contributed by atoms with van der Waals surface area (Å²) in [7, 11) is 3.20. The summed E-state index contributed by atoms with van der Waals surface area (Å²) in [6, 6.07) is 13.3. The summed E-state index contributed by atoms with van der Waals surface area (Å²) < 4.78 is 16.0. The van der Waals surface area contributed by atoms with Gasteiger partial charge in [0.1, 0.15) is 11.5 Å². The molecular formula is C23H22N4O4S. The Kier molecular flexibility index (Phi) is 6.46. The summed E-state index contributed by atoms with van der Waals surface area (Å²) in [5.41, 5.74) is 3.52. The maximum absolute atomic E-state index is 12.4. The van der Waals surface area contributed by atoms with E-state index in [1.165, 1.54) is 11.3 Å². The number of carbonyl (C=O) groups excluding carboxylic acids is 1. The summed E-state index contributed by atoms with van der Waals surface area (Å²) in [5, 5.41) is 9.18. The second-order valence-electron chi connectivity index (χ2n) is 7.03. The van der Waals surface area contributed by atoms with E-state index in [1.807, 2.05) is 54.8 Å². The van der Waals surface area contributed by atoms with Crippen LogP contribution in [-0.2, 0) is 11.2 Å². The Hall–Kier alpha value is -3.72. The number of amides is 1. The van der Waals surface area contributed by atoms with Gasteiger partial charge in [0, 0.05) is 29.3 Å². The maximum atomic E-state index is 12.4. The first-order chi connectivity index (χ1) is 15.6. The Labute approximate surface area is 189 Å². The van der Waals surface area contributed by atoms with Crippen molar-refractivity contribution >= 4 is 22.4 Å². The number of rotatable bonds is 8. The van der Waals surface area contributed by atoms with Gasteiger partial charge < -0.3 is 19.3 Å². The summed E-state index contributed by atoms with van der Waals surface area (Å²) in [6.45, 7) is 2.02. The number of aromatic nitrogens is 3. The van der Waals surface area contributed by atoms with Crippen molar-refractivity contribution in [1.29, 1.82) is 0 Å². The van der Waals surface area contributed by atoms with Crippen LogP contribution in [-0.4, -0.2) is 35.3 Å². The molecule has 4 aromatic rings. The molecule has 1 amide bonds. The Bertz CT molecular complexity index is 1220. The van der Waals surface area contributed by atoms with Gasteiger partial charge in [-0.3, -0.25) is 4.79 Å². The Morgan fingerprint density at radius 3 is 2.66 bits per heavy atom. The molecule has 0 aliphatic heterocycles. The number of nitrogens with zero attached hydrogens (tertiary/aromatic N) is 3. The van der Waals surface area contributed by atoms with Gasteiger partial charge in [-0.05, 0) is 25.1 Å². The second-order valence-corrected chi connectivity index (χ2v) is 7.89. The highest BCUT2D eigenvalue weighted by atomic mass is 32.1. The highest BCUT2D eigenvalue weighted by Crippen LogP contribution is 2.35. The van der Waals surface area contributed by atoms with E-state index >= 15 is 0 Å². The summed E-state index contributed by atoms with van der Waals surface area (Å²) in [4.78, 5) is 21.3. The molecule has 1 N–H and O–H groups in total. The van der Waals surface area contributed by atoms with E-state index in [0.29, 0.717) is 40.5 Å². The average Bonchev–Trinajstić information content (AvgIpc) is 3.47. The van der Waals surface area contributed by atoms with Gasteiger partial charge in [-0.25, -0.2) is 4.98 Å². The smallest absolute Gasteiger partial charge is 0.227 e. The number of nitrogens with one attached hydrogen (secondary N) is 1. The lowest BCUT2D eigenvalue weighted by Gasteiger charge is -2.08. The summed E-state index contributed by atoms with van der Waals surface area (Å²) in [6.07, 6.45) is 0.541. The average molecular weight is 451 g/mol. The van der Waals surface area contributed by atoms with E-state index in [2.05, 4.69) is 20.4 Å². The van der Waals surface area contributed by atoms with Crippen molar-refractivity contribution in [2.24, 2.45) is 0 Å². The topological polar surface area (TPSA) is 99.4 Å². The van der Waals surface area contributed by atoms with E-state index in [0.717, 1.165) is 16.7 Å². The number of methoxy groups -OCH3 is 2. The normalized spacial score (nSPS) is 10.7. The zero-order valence-corrected chi connectivity index (χ0v) is 18.7. The molecule has 32 heavy (non-hydrogen) atoms. The number of thiazole rings is 1. The highest BCUT2D eigenvalue weighted by Gasteiger charge is 2.14. The zero-order valence-electron chi connectivity index (χ0n) is 17.9. The fourth-order valence-electron chi connectivity index (χ4n) is 3.05. The SMILES string of the molecule is COc1ccc(OC)c(-c2csc(NC(=O)CCc3nc(-c4ccc(C)cc4)no3)n2)c1. The third kappa shape index (κ3) is 4.94. The number of hydrogen-bond acceptors (Lipinski definition) is 8. The van der Waals surface area contributed by atoms with Gasteiger partial charge in [-0.1, -0.05) is 35.0 Å². The molecule has 0 saturated heterocycles. The predicted molar refractivity (Wildman–Crippen MR) is 122 cm³/mol. The predicted octanol–water partition coefficient (Wildman–Crippen LogP) is 4.76. The number of benzene rings is 2. The van der Waals surface area contributed by atoms with E-state index in [4.69, 9.17) is 14.0 Å². The molecule has 0 bridgehead atoms. The molecule has 2 heterocycles. The molecular weight excluding hydrogens is 428 g/mol. The van der Waals surface area contributed by atoms with Crippen molar-refractivity contribution in [2.75, 3.05) is 19.5 Å². The van der Waals surface area contributed by atoms with E-state index < -0.39 is 0 Å². The molecule has 0 spiro atoms. The molecule has 0 aliphatic rings. The van der Waals surface area contributed by atoms with Gasteiger partial charge in [0.15, 0.2) is 5.13 Å². The first kappa shape index (κ1) is 21.5. The maximum Gasteiger partial charge on any atom is 0.227 e. The lowest BCUT2D eigenvalue weighted by atomic mass is 10.1. The largest absolute Gasteiger partial charge is 0.497 e. The summed E-state index contributed by atoms with van der Waals surface area (Å²) in [5.74, 6) is 2.12. The van der Waals surface area contributed by atoms with E-state index in [-0.39, 0.29) is 12.3 Å². The van der Waals surface area contributed by atoms with Crippen LogP contribution in [0, 0.1) is 6.92 Å². The van der Waals surface area contributed by atoms with Gasteiger partial charge >= 0.3 is 0 Å². The second kappa shape index (κ2) is 9.61. The van der Waals surface area contributed by atoms with Gasteiger partial charge in [0.05, 0.1) is 19.9 Å². The molecule has 0 aliphatic carbocycles. The third-order valence-corrected chi connectivity index (χ3v) is 5.53. The Morgan fingerprint density at radius 2 is 1.91 bits per heavy atom. The number of aryl methyl sites for hydroxylation is 2. The Morgan fingerprint density at radius 1 is 1.09 bits per heavy atom. The zero-order chi connectivity index (χ0) is 22.5. The van der Waals surface area contributed by atoms with Gasteiger partial charge in [-0.2, -0.15) is 4.98 Å². The van der Waals surface area contributed by atoms with Crippen molar-refractivity contribution in [3.05, 3.63) is 59.3 Å². The standard InChI is InChI=1S/C23H22N4O4S/c1-14-4-6-15(7-5-14)22-26-21(31-27-22)11-10-20(28)25-23-24-18(13-32-23)17-12-16(29-2)8-9-19(17)30-3/h4-9,12-13H,10-11H2,1-3H3,(H,24,25,28). The molecule has 0 fully saturated rings. The van der Waals surface area contributed by atoms with Crippen molar-refractivity contribution in [1.82, 2.24) is 15.1 Å². The Balaban J connectivity index is 1.37. The first-order valence-corrected chi connectivity index (χ1v) is 10.8. The van der Waals surface area contributed by atoms with Crippen LogP contribution in [0.1, 0.15) is 17.9 Å². The molecule has 9 heteroatoms. The quantitative estimate of drug-likeness (QED) is 0.413. The van der Waals surface area contributed by atoms with Crippen molar-refractivity contribution < 1.29 is 18.8 Å². The molecule has 2 aromatic carbocycles. The fraction of sp³-hybridized carbons (Fsp3) is 0.217. The number of anilines is 1. The van der Waals surface area contributed by atoms with Crippen LogP contribution in [0.2, 0.25) is 0 Å². The monoisotopic (exact) mass is 450 g/mol. The minimum atomic E-state index is -0.182. The number of ether oxygens (including phenoxy) is 2. The van der Waals surface area contributed by atoms with Crippen LogP contribution in [0.15, 0.2) is 52.4 Å². The van der Waals surface area contributed by atoms with Crippen LogP contribution in [0.25, 0.3) is 22.6 Å². The molecule has 0 atom stereocenters. The minimum absolute atomic E-state index is 0.182. The molecule has 4 rings (SSSR count). The van der Waals surface area contributed by atoms with Gasteiger partial charge in [0.2, 0.25) is 17.6 Å². The van der Waals surface area contributed by atoms with Crippen LogP contribution in [0.4, 0.5) is 5.13 Å². The number of carbonyl (C=O) groups is 1. The van der Waals surface area contributed by atoms with Crippen LogP contribution < -0.4 is 14.8 Å².